The Labute approximate surface area is 150 Å². The van der Waals surface area contributed by atoms with Crippen LogP contribution in [0.15, 0.2) is 52.0 Å². The van der Waals surface area contributed by atoms with Gasteiger partial charge >= 0.3 is 0 Å². The molecule has 7 heteroatoms. The van der Waals surface area contributed by atoms with Crippen molar-refractivity contribution in [3.8, 4) is 0 Å². The highest BCUT2D eigenvalue weighted by molar-refractivity contribution is 7.99. The summed E-state index contributed by atoms with van der Waals surface area (Å²) in [6, 6.07) is 10.9. The third-order valence-electron chi connectivity index (χ3n) is 3.12. The summed E-state index contributed by atoms with van der Waals surface area (Å²) in [6.45, 7) is 1.04. The summed E-state index contributed by atoms with van der Waals surface area (Å²) in [7, 11) is 0. The second-order valence-electron chi connectivity index (χ2n) is 4.99. The Morgan fingerprint density at radius 1 is 1.08 bits per heavy atom. The zero-order valence-corrected chi connectivity index (χ0v) is 14.7. The minimum Gasteiger partial charge on any atom is -0.459 e. The molecule has 0 saturated carbocycles. The highest BCUT2D eigenvalue weighted by Gasteiger charge is 2.07. The van der Waals surface area contributed by atoms with Gasteiger partial charge in [0.05, 0.1) is 6.26 Å². The van der Waals surface area contributed by atoms with Crippen molar-refractivity contribution in [1.29, 1.82) is 0 Å². The molecule has 0 fully saturated rings. The fourth-order valence-corrected chi connectivity index (χ4v) is 2.82. The number of amides is 2. The number of hydrogen-bond acceptors (Lipinski definition) is 4. The van der Waals surface area contributed by atoms with E-state index in [1.807, 2.05) is 24.3 Å². The number of carbonyl (C=O) groups excluding carboxylic acids is 2. The summed E-state index contributed by atoms with van der Waals surface area (Å²) >= 11 is 7.49. The average molecular weight is 367 g/mol. The zero-order chi connectivity index (χ0) is 17.2. The number of hydrogen-bond donors (Lipinski definition) is 2. The number of carbonyl (C=O) groups is 2. The Bertz CT molecular complexity index is 644. The van der Waals surface area contributed by atoms with Crippen molar-refractivity contribution in [2.45, 2.75) is 17.7 Å². The summed E-state index contributed by atoms with van der Waals surface area (Å²) in [4.78, 5) is 24.4. The molecular weight excluding hydrogens is 348 g/mol. The monoisotopic (exact) mass is 366 g/mol. The maximum absolute atomic E-state index is 11.7. The molecule has 2 N–H and O–H groups in total. The van der Waals surface area contributed by atoms with Crippen LogP contribution in [0, 0.1) is 0 Å². The third-order valence-corrected chi connectivity index (χ3v) is 4.38. The van der Waals surface area contributed by atoms with Gasteiger partial charge in [0.1, 0.15) is 0 Å². The highest BCUT2D eigenvalue weighted by atomic mass is 35.5. The molecule has 24 heavy (non-hydrogen) atoms. The maximum Gasteiger partial charge on any atom is 0.286 e. The van der Waals surface area contributed by atoms with E-state index >= 15 is 0 Å². The lowest BCUT2D eigenvalue weighted by Gasteiger charge is -2.06. The van der Waals surface area contributed by atoms with Crippen molar-refractivity contribution in [2.24, 2.45) is 0 Å². The molecule has 2 amide bonds. The summed E-state index contributed by atoms with van der Waals surface area (Å²) < 4.78 is 4.98. The second kappa shape index (κ2) is 10.1. The molecule has 128 valence electrons. The van der Waals surface area contributed by atoms with Crippen LogP contribution in [0.3, 0.4) is 0 Å². The number of nitrogens with one attached hydrogen (secondary N) is 2. The molecule has 2 rings (SSSR count). The molecule has 0 aliphatic heterocycles. The molecule has 0 unspecified atom stereocenters. The highest BCUT2D eigenvalue weighted by Crippen LogP contribution is 2.19. The van der Waals surface area contributed by atoms with E-state index in [-0.39, 0.29) is 17.6 Å². The lowest BCUT2D eigenvalue weighted by molar-refractivity contribution is -0.121. The largest absolute Gasteiger partial charge is 0.459 e. The summed E-state index contributed by atoms with van der Waals surface area (Å²) in [5.74, 6) is 0.792. The third kappa shape index (κ3) is 6.68. The first kappa shape index (κ1) is 18.4. The molecule has 0 bridgehead atoms. The molecule has 0 atom stereocenters. The molecule has 0 aliphatic rings. The van der Waals surface area contributed by atoms with E-state index in [9.17, 15) is 9.59 Å². The van der Waals surface area contributed by atoms with Gasteiger partial charge in [0.2, 0.25) is 5.91 Å². The van der Waals surface area contributed by atoms with E-state index in [0.29, 0.717) is 31.0 Å². The first-order chi connectivity index (χ1) is 11.6. The second-order valence-corrected chi connectivity index (χ2v) is 6.59. The van der Waals surface area contributed by atoms with Crippen molar-refractivity contribution < 1.29 is 14.0 Å². The molecule has 0 saturated heterocycles. The summed E-state index contributed by atoms with van der Waals surface area (Å²) in [6.07, 6.45) is 2.41. The van der Waals surface area contributed by atoms with Gasteiger partial charge in [0, 0.05) is 35.2 Å². The van der Waals surface area contributed by atoms with Gasteiger partial charge in [-0.1, -0.05) is 11.6 Å². The average Bonchev–Trinajstić information content (AvgIpc) is 3.12. The minimum atomic E-state index is -0.264. The number of benzene rings is 1. The van der Waals surface area contributed by atoms with Crippen LogP contribution >= 0.6 is 23.4 Å². The Kier molecular flexibility index (Phi) is 7.71. The van der Waals surface area contributed by atoms with Crippen molar-refractivity contribution in [2.75, 3.05) is 18.8 Å². The zero-order valence-electron chi connectivity index (χ0n) is 13.1. The molecule has 1 aromatic carbocycles. The standard InChI is InChI=1S/C17H19ClN2O3S/c18-13-5-7-14(8-6-13)24-12-10-19-16(21)4-1-9-20-17(22)15-3-2-11-23-15/h2-3,5-8,11H,1,4,9-10,12H2,(H,19,21)(H,20,22). The summed E-state index contributed by atoms with van der Waals surface area (Å²) in [5.41, 5.74) is 0. The van der Waals surface area contributed by atoms with Crippen LogP contribution in [0.1, 0.15) is 23.4 Å². The van der Waals surface area contributed by atoms with Crippen LogP contribution in [0.5, 0.6) is 0 Å². The molecule has 0 spiro atoms. The first-order valence-electron chi connectivity index (χ1n) is 7.62. The van der Waals surface area contributed by atoms with Gasteiger partial charge in [0.25, 0.3) is 5.91 Å². The van der Waals surface area contributed by atoms with Crippen molar-refractivity contribution in [1.82, 2.24) is 10.6 Å². The van der Waals surface area contributed by atoms with Gasteiger partial charge in [0.15, 0.2) is 5.76 Å². The van der Waals surface area contributed by atoms with E-state index in [1.165, 1.54) is 6.26 Å². The van der Waals surface area contributed by atoms with Crippen LogP contribution in [-0.4, -0.2) is 30.7 Å². The van der Waals surface area contributed by atoms with Gasteiger partial charge in [-0.2, -0.15) is 0 Å². The fourth-order valence-electron chi connectivity index (χ4n) is 1.92. The van der Waals surface area contributed by atoms with Crippen LogP contribution in [0.25, 0.3) is 0 Å². The molecule has 0 aliphatic carbocycles. The fraction of sp³-hybridized carbons (Fsp3) is 0.294. The van der Waals surface area contributed by atoms with Crippen LogP contribution in [0.2, 0.25) is 5.02 Å². The van der Waals surface area contributed by atoms with Crippen molar-refractivity contribution in [3.05, 3.63) is 53.4 Å². The van der Waals surface area contributed by atoms with Gasteiger partial charge < -0.3 is 15.1 Å². The van der Waals surface area contributed by atoms with Gasteiger partial charge in [-0.25, -0.2) is 0 Å². The minimum absolute atomic E-state index is 0.0149. The predicted molar refractivity (Wildman–Crippen MR) is 95.5 cm³/mol. The lowest BCUT2D eigenvalue weighted by atomic mass is 10.3. The van der Waals surface area contributed by atoms with E-state index in [4.69, 9.17) is 16.0 Å². The SMILES string of the molecule is O=C(CCCNC(=O)c1ccco1)NCCSc1ccc(Cl)cc1. The normalized spacial score (nSPS) is 10.4. The quantitative estimate of drug-likeness (QED) is 0.527. The van der Waals surface area contributed by atoms with Gasteiger partial charge in [-0.05, 0) is 42.8 Å². The maximum atomic E-state index is 11.7. The topological polar surface area (TPSA) is 71.3 Å². The molecule has 0 radical (unpaired) electrons. The number of thioether (sulfide) groups is 1. The molecular formula is C17H19ClN2O3S. The summed E-state index contributed by atoms with van der Waals surface area (Å²) in [5, 5.41) is 6.28. The van der Waals surface area contributed by atoms with Crippen LogP contribution < -0.4 is 10.6 Å². The van der Waals surface area contributed by atoms with E-state index in [2.05, 4.69) is 10.6 Å². The smallest absolute Gasteiger partial charge is 0.286 e. The van der Waals surface area contributed by atoms with Crippen molar-refractivity contribution in [3.63, 3.8) is 0 Å². The van der Waals surface area contributed by atoms with E-state index in [1.54, 1.807) is 23.9 Å². The van der Waals surface area contributed by atoms with Gasteiger partial charge in [-0.3, -0.25) is 9.59 Å². The number of furan rings is 1. The molecule has 1 aromatic heterocycles. The first-order valence-corrected chi connectivity index (χ1v) is 8.98. The molecule has 2 aromatic rings. The number of rotatable bonds is 9. The Morgan fingerprint density at radius 2 is 1.88 bits per heavy atom. The molecule has 1 heterocycles. The Balaban J connectivity index is 1.50. The van der Waals surface area contributed by atoms with Crippen LogP contribution in [-0.2, 0) is 4.79 Å². The van der Waals surface area contributed by atoms with E-state index < -0.39 is 0 Å². The van der Waals surface area contributed by atoms with Gasteiger partial charge in [-0.15, -0.1) is 11.8 Å². The number of halogens is 1. The van der Waals surface area contributed by atoms with Crippen molar-refractivity contribution >= 4 is 35.2 Å². The van der Waals surface area contributed by atoms with E-state index in [0.717, 1.165) is 10.6 Å². The predicted octanol–water partition coefficient (Wildman–Crippen LogP) is 3.35. The molecule has 5 nitrogen and oxygen atoms in total. The van der Waals surface area contributed by atoms with Crippen LogP contribution in [0.4, 0.5) is 0 Å². The Hall–Kier alpha value is -1.92. The lowest BCUT2D eigenvalue weighted by Crippen LogP contribution is -2.28. The Morgan fingerprint density at radius 3 is 2.58 bits per heavy atom.